The number of rotatable bonds is 3. The smallest absolute Gasteiger partial charge is 0.264 e. The van der Waals surface area contributed by atoms with Gasteiger partial charge in [-0.05, 0) is 59.3 Å². The minimum atomic E-state index is -0.261. The lowest BCUT2D eigenvalue weighted by Crippen LogP contribution is -2.19. The molecule has 0 unspecified atom stereocenters. The Bertz CT molecular complexity index is 1020. The molecule has 1 N–H and O–H groups in total. The highest BCUT2D eigenvalue weighted by Crippen LogP contribution is 2.32. The molecule has 1 saturated heterocycles. The van der Waals surface area contributed by atoms with E-state index < -0.39 is 0 Å². The molecule has 1 amide bonds. The average molecular weight is 420 g/mol. The number of fused-ring (bicyclic) bond motifs is 1. The van der Waals surface area contributed by atoms with Crippen molar-refractivity contribution >= 4 is 58.3 Å². The lowest BCUT2D eigenvalue weighted by atomic mass is 10.2. The van der Waals surface area contributed by atoms with Crippen molar-refractivity contribution < 1.29 is 14.3 Å². The lowest BCUT2D eigenvalue weighted by Gasteiger charge is -1.99. The summed E-state index contributed by atoms with van der Waals surface area (Å²) in [6, 6.07) is 10.5. The van der Waals surface area contributed by atoms with E-state index in [1.54, 1.807) is 42.6 Å². The number of hydrogen-bond donors (Lipinski definition) is 1. The van der Waals surface area contributed by atoms with Crippen LogP contribution in [0.3, 0.4) is 0 Å². The average Bonchev–Trinajstić information content (AvgIpc) is 3.23. The van der Waals surface area contributed by atoms with Crippen molar-refractivity contribution in [1.29, 1.82) is 0 Å². The number of amidine groups is 1. The quantitative estimate of drug-likeness (QED) is 0.456. The molecule has 0 saturated carbocycles. The fourth-order valence-corrected chi connectivity index (χ4v) is 3.61. The molecule has 6 nitrogen and oxygen atoms in total. The van der Waals surface area contributed by atoms with Crippen LogP contribution < -0.4 is 14.8 Å². The number of carbonyl (C=O) groups excluding carboxylic acids is 1. The van der Waals surface area contributed by atoms with Crippen LogP contribution in [0.1, 0.15) is 11.1 Å². The van der Waals surface area contributed by atoms with Gasteiger partial charge in [0, 0.05) is 10.0 Å². The molecule has 136 valence electrons. The molecule has 0 atom stereocenters. The highest BCUT2D eigenvalue weighted by atomic mass is 35.5. The van der Waals surface area contributed by atoms with Crippen molar-refractivity contribution in [2.75, 3.05) is 6.79 Å². The first-order valence-corrected chi connectivity index (χ1v) is 9.32. The largest absolute Gasteiger partial charge is 0.454 e. The van der Waals surface area contributed by atoms with Gasteiger partial charge in [0.1, 0.15) is 0 Å². The second-order valence-electron chi connectivity index (χ2n) is 5.49. The molecule has 0 spiro atoms. The predicted octanol–water partition coefficient (Wildman–Crippen LogP) is 4.32. The van der Waals surface area contributed by atoms with Crippen molar-refractivity contribution in [3.63, 3.8) is 0 Å². The van der Waals surface area contributed by atoms with Gasteiger partial charge in [0.05, 0.1) is 11.1 Å². The molecule has 27 heavy (non-hydrogen) atoms. The molecule has 2 aromatic carbocycles. The first-order chi connectivity index (χ1) is 13.1. The zero-order valence-electron chi connectivity index (χ0n) is 13.6. The number of hydrogen-bond acceptors (Lipinski definition) is 6. The van der Waals surface area contributed by atoms with Gasteiger partial charge in [-0.25, -0.2) is 0 Å². The third-order valence-corrected chi connectivity index (χ3v) is 5.11. The highest BCUT2D eigenvalue weighted by molar-refractivity contribution is 8.18. The van der Waals surface area contributed by atoms with Crippen LogP contribution in [0.25, 0.3) is 6.08 Å². The van der Waals surface area contributed by atoms with Crippen LogP contribution in [-0.4, -0.2) is 24.1 Å². The summed E-state index contributed by atoms with van der Waals surface area (Å²) in [5.41, 5.74) is 1.51. The van der Waals surface area contributed by atoms with Crippen LogP contribution in [0.5, 0.6) is 11.5 Å². The second kappa shape index (κ2) is 7.64. The topological polar surface area (TPSA) is 72.3 Å². The summed E-state index contributed by atoms with van der Waals surface area (Å²) in [6.07, 6.45) is 3.25. The zero-order valence-corrected chi connectivity index (χ0v) is 15.9. The number of thioether (sulfide) groups is 1. The van der Waals surface area contributed by atoms with Crippen molar-refractivity contribution in [3.05, 3.63) is 62.5 Å². The summed E-state index contributed by atoms with van der Waals surface area (Å²) in [7, 11) is 0. The van der Waals surface area contributed by atoms with E-state index in [4.69, 9.17) is 32.7 Å². The van der Waals surface area contributed by atoms with E-state index in [1.807, 2.05) is 6.07 Å². The first-order valence-electron chi connectivity index (χ1n) is 7.75. The number of nitrogens with zero attached hydrogens (tertiary/aromatic N) is 2. The maximum Gasteiger partial charge on any atom is 0.264 e. The molecular formula is C18H11Cl2N3O3S. The SMILES string of the molecule is O=C1N/C(=N\N=C/c2ccc3c(c2)OCO3)S/C1=C\c1ccc(Cl)cc1Cl. The van der Waals surface area contributed by atoms with Gasteiger partial charge in [-0.2, -0.15) is 5.10 Å². The number of amides is 1. The van der Waals surface area contributed by atoms with Gasteiger partial charge in [-0.1, -0.05) is 29.3 Å². The van der Waals surface area contributed by atoms with Gasteiger partial charge in [0.2, 0.25) is 6.79 Å². The highest BCUT2D eigenvalue weighted by Gasteiger charge is 2.24. The Morgan fingerprint density at radius 3 is 2.81 bits per heavy atom. The zero-order chi connectivity index (χ0) is 18.8. The molecule has 1 fully saturated rings. The van der Waals surface area contributed by atoms with E-state index in [0.717, 1.165) is 5.56 Å². The summed E-state index contributed by atoms with van der Waals surface area (Å²) in [4.78, 5) is 12.6. The van der Waals surface area contributed by atoms with Crippen LogP contribution in [0.4, 0.5) is 0 Å². The Morgan fingerprint density at radius 1 is 1.11 bits per heavy atom. The monoisotopic (exact) mass is 419 g/mol. The second-order valence-corrected chi connectivity index (χ2v) is 7.37. The van der Waals surface area contributed by atoms with Gasteiger partial charge in [0.15, 0.2) is 16.7 Å². The van der Waals surface area contributed by atoms with Gasteiger partial charge in [-0.3, -0.25) is 10.1 Å². The summed E-state index contributed by atoms with van der Waals surface area (Å²) < 4.78 is 10.6. The van der Waals surface area contributed by atoms with Crippen LogP contribution in [0, 0.1) is 0 Å². The van der Waals surface area contributed by atoms with Crippen LogP contribution >= 0.6 is 35.0 Å². The molecule has 2 aliphatic heterocycles. The molecule has 9 heteroatoms. The molecule has 4 rings (SSSR count). The van der Waals surface area contributed by atoms with E-state index in [2.05, 4.69) is 15.5 Å². The number of benzene rings is 2. The van der Waals surface area contributed by atoms with Crippen LogP contribution in [0.15, 0.2) is 51.5 Å². The van der Waals surface area contributed by atoms with E-state index >= 15 is 0 Å². The van der Waals surface area contributed by atoms with Gasteiger partial charge >= 0.3 is 0 Å². The summed E-state index contributed by atoms with van der Waals surface area (Å²) in [5, 5.41) is 12.1. The summed E-state index contributed by atoms with van der Waals surface area (Å²) in [5.74, 6) is 1.11. The first kappa shape index (κ1) is 17.9. The minimum Gasteiger partial charge on any atom is -0.454 e. The Kier molecular flexibility index (Phi) is 5.07. The Balaban J connectivity index is 1.47. The van der Waals surface area contributed by atoms with Gasteiger partial charge < -0.3 is 9.47 Å². The van der Waals surface area contributed by atoms with E-state index in [-0.39, 0.29) is 12.7 Å². The molecule has 2 aromatic rings. The lowest BCUT2D eigenvalue weighted by molar-refractivity contribution is -0.115. The van der Waals surface area contributed by atoms with Crippen molar-refractivity contribution in [1.82, 2.24) is 5.32 Å². The Labute approximate surface area is 168 Å². The molecule has 0 aliphatic carbocycles. The molecule has 0 bridgehead atoms. The van der Waals surface area contributed by atoms with Crippen LogP contribution in [-0.2, 0) is 4.79 Å². The third kappa shape index (κ3) is 4.10. The summed E-state index contributed by atoms with van der Waals surface area (Å²) in [6.45, 7) is 0.216. The minimum absolute atomic E-state index is 0.216. The fraction of sp³-hybridized carbons (Fsp3) is 0.0556. The molecule has 2 aliphatic rings. The molecule has 0 aromatic heterocycles. The summed E-state index contributed by atoms with van der Waals surface area (Å²) >= 11 is 13.2. The maximum absolute atomic E-state index is 12.1. The number of halogens is 2. The molecular weight excluding hydrogens is 409 g/mol. The maximum atomic E-state index is 12.1. The Hall–Kier alpha value is -2.48. The van der Waals surface area contributed by atoms with Crippen molar-refractivity contribution in [2.45, 2.75) is 0 Å². The van der Waals surface area contributed by atoms with E-state index in [9.17, 15) is 4.79 Å². The van der Waals surface area contributed by atoms with E-state index in [0.29, 0.717) is 37.2 Å². The normalized spacial score (nSPS) is 18.7. The predicted molar refractivity (Wildman–Crippen MR) is 108 cm³/mol. The van der Waals surface area contributed by atoms with Crippen molar-refractivity contribution in [3.8, 4) is 11.5 Å². The van der Waals surface area contributed by atoms with Crippen molar-refractivity contribution in [2.24, 2.45) is 10.2 Å². The standard InChI is InChI=1S/C18H11Cl2N3O3S/c19-12-3-2-11(13(20)7-12)6-16-17(24)22-18(27-16)23-21-8-10-1-4-14-15(5-10)26-9-25-14/h1-8H,9H2,(H,22,23,24)/b16-6-,21-8-. The van der Waals surface area contributed by atoms with Gasteiger partial charge in [0.25, 0.3) is 5.91 Å². The molecule has 0 radical (unpaired) electrons. The number of ether oxygens (including phenoxy) is 2. The fourth-order valence-electron chi connectivity index (χ4n) is 2.38. The number of carbonyl (C=O) groups is 1. The molecule has 2 heterocycles. The van der Waals surface area contributed by atoms with Gasteiger partial charge in [-0.15, -0.1) is 5.10 Å². The number of nitrogens with one attached hydrogen (secondary N) is 1. The van der Waals surface area contributed by atoms with Crippen LogP contribution in [0.2, 0.25) is 10.0 Å². The third-order valence-electron chi connectivity index (χ3n) is 3.65. The van der Waals surface area contributed by atoms with E-state index in [1.165, 1.54) is 11.8 Å². The Morgan fingerprint density at radius 2 is 1.96 bits per heavy atom.